The molecule has 0 saturated carbocycles. The summed E-state index contributed by atoms with van der Waals surface area (Å²) in [5.74, 6) is 0.640. The van der Waals surface area contributed by atoms with Crippen LogP contribution in [0.2, 0.25) is 0 Å². The van der Waals surface area contributed by atoms with Crippen LogP contribution >= 0.6 is 11.3 Å². The van der Waals surface area contributed by atoms with Gasteiger partial charge in [-0.15, -0.1) is 11.3 Å². The molecule has 0 saturated heterocycles. The average Bonchev–Trinajstić information content (AvgIpc) is 3.03. The Bertz CT molecular complexity index is 777. The minimum absolute atomic E-state index is 0.123. The molecule has 2 aromatic heterocycles. The van der Waals surface area contributed by atoms with Crippen LogP contribution in [0.25, 0.3) is 0 Å². The molecule has 8 heteroatoms. The second-order valence-corrected chi connectivity index (χ2v) is 8.86. The topological polar surface area (TPSA) is 76.9 Å². The molecule has 6 nitrogen and oxygen atoms in total. The normalized spacial score (nSPS) is 18.5. The summed E-state index contributed by atoms with van der Waals surface area (Å²) in [6.45, 7) is 6.12. The first kappa shape index (κ1) is 15.5. The molecule has 0 aliphatic heterocycles. The second kappa shape index (κ2) is 5.66. The molecule has 1 aliphatic carbocycles. The number of hydrogen-bond donors (Lipinski definition) is 1. The molecule has 0 radical (unpaired) electrons. The van der Waals surface area contributed by atoms with Crippen LogP contribution in [0, 0.1) is 5.92 Å². The summed E-state index contributed by atoms with van der Waals surface area (Å²) in [4.78, 5) is 5.81. The fourth-order valence-corrected chi connectivity index (χ4v) is 4.84. The Labute approximate surface area is 134 Å². The van der Waals surface area contributed by atoms with Gasteiger partial charge in [0, 0.05) is 17.1 Å². The fraction of sp³-hybridized carbons (Fsp3) is 0.571. The molecule has 1 aliphatic rings. The summed E-state index contributed by atoms with van der Waals surface area (Å²) in [6, 6.07) is 0.123. The summed E-state index contributed by atoms with van der Waals surface area (Å²) >= 11 is 1.45. The van der Waals surface area contributed by atoms with Crippen molar-refractivity contribution in [2.24, 2.45) is 5.92 Å². The van der Waals surface area contributed by atoms with Crippen molar-refractivity contribution in [3.63, 3.8) is 0 Å². The highest BCUT2D eigenvalue weighted by atomic mass is 32.2. The number of rotatable bonds is 4. The standard InChI is InChI=1S/C14H20N4O2S2/c1-9(2)18-8-11(7-15-18)22(19,20)17-14-16-12-5-4-10(3)6-13(12)21-14/h7-10H,4-6H2,1-3H3,(H,16,17)/t10-/m1/s1. The molecule has 3 rings (SSSR count). The SMILES string of the molecule is CC(C)n1cc(S(=O)(=O)Nc2nc3c(s2)C[C@H](C)CC3)cn1. The van der Waals surface area contributed by atoms with Crippen molar-refractivity contribution in [2.45, 2.75) is 51.0 Å². The molecule has 0 amide bonds. The van der Waals surface area contributed by atoms with Crippen molar-refractivity contribution in [1.29, 1.82) is 0 Å². The summed E-state index contributed by atoms with van der Waals surface area (Å²) in [6.07, 6.45) is 5.95. The van der Waals surface area contributed by atoms with Gasteiger partial charge in [0.1, 0.15) is 4.90 Å². The van der Waals surface area contributed by atoms with E-state index < -0.39 is 10.0 Å². The first-order valence-electron chi connectivity index (χ1n) is 7.40. The van der Waals surface area contributed by atoms with Gasteiger partial charge in [-0.2, -0.15) is 5.10 Å². The van der Waals surface area contributed by atoms with E-state index in [0.717, 1.165) is 25.0 Å². The van der Waals surface area contributed by atoms with Crippen molar-refractivity contribution in [1.82, 2.24) is 14.8 Å². The highest BCUT2D eigenvalue weighted by molar-refractivity contribution is 7.93. The molecule has 2 aromatic rings. The van der Waals surface area contributed by atoms with Gasteiger partial charge in [-0.25, -0.2) is 13.4 Å². The van der Waals surface area contributed by atoms with Crippen molar-refractivity contribution >= 4 is 26.5 Å². The number of anilines is 1. The van der Waals surface area contributed by atoms with E-state index in [1.165, 1.54) is 22.4 Å². The Morgan fingerprint density at radius 1 is 1.45 bits per heavy atom. The molecule has 0 fully saturated rings. The lowest BCUT2D eigenvalue weighted by molar-refractivity contribution is 0.502. The summed E-state index contributed by atoms with van der Waals surface area (Å²) in [5, 5.41) is 4.53. The van der Waals surface area contributed by atoms with E-state index >= 15 is 0 Å². The van der Waals surface area contributed by atoms with Gasteiger partial charge in [0.05, 0.1) is 11.9 Å². The van der Waals surface area contributed by atoms with E-state index in [1.807, 2.05) is 13.8 Å². The van der Waals surface area contributed by atoms with E-state index in [9.17, 15) is 8.42 Å². The van der Waals surface area contributed by atoms with Gasteiger partial charge in [0.25, 0.3) is 10.0 Å². The van der Waals surface area contributed by atoms with Crippen LogP contribution in [-0.2, 0) is 22.9 Å². The molecule has 120 valence electrons. The molecule has 0 spiro atoms. The minimum Gasteiger partial charge on any atom is -0.269 e. The molecule has 0 unspecified atom stereocenters. The Hall–Kier alpha value is -1.41. The first-order chi connectivity index (χ1) is 10.3. The number of aryl methyl sites for hydroxylation is 1. The van der Waals surface area contributed by atoms with E-state index in [1.54, 1.807) is 10.9 Å². The third-order valence-corrected chi connectivity index (χ3v) is 6.28. The maximum atomic E-state index is 12.4. The largest absolute Gasteiger partial charge is 0.269 e. The lowest BCUT2D eigenvalue weighted by atomic mass is 9.93. The predicted octanol–water partition coefficient (Wildman–Crippen LogP) is 2.85. The zero-order valence-corrected chi connectivity index (χ0v) is 14.5. The van der Waals surface area contributed by atoms with Crippen molar-refractivity contribution in [3.05, 3.63) is 23.0 Å². The quantitative estimate of drug-likeness (QED) is 0.928. The zero-order valence-electron chi connectivity index (χ0n) is 12.9. The van der Waals surface area contributed by atoms with Gasteiger partial charge in [0.15, 0.2) is 5.13 Å². The maximum Gasteiger partial charge on any atom is 0.266 e. The van der Waals surface area contributed by atoms with Crippen LogP contribution in [0.4, 0.5) is 5.13 Å². The lowest BCUT2D eigenvalue weighted by Crippen LogP contribution is -2.12. The molecule has 0 bridgehead atoms. The summed E-state index contributed by atoms with van der Waals surface area (Å²) < 4.78 is 29.0. The van der Waals surface area contributed by atoms with Crippen LogP contribution in [-0.4, -0.2) is 23.2 Å². The van der Waals surface area contributed by atoms with Gasteiger partial charge in [-0.1, -0.05) is 6.92 Å². The average molecular weight is 340 g/mol. The third-order valence-electron chi connectivity index (χ3n) is 3.82. The summed E-state index contributed by atoms with van der Waals surface area (Å²) in [7, 11) is -3.62. The van der Waals surface area contributed by atoms with Gasteiger partial charge < -0.3 is 0 Å². The monoisotopic (exact) mass is 340 g/mol. The molecule has 2 heterocycles. The van der Waals surface area contributed by atoms with Gasteiger partial charge in [0.2, 0.25) is 0 Å². The number of thiazole rings is 1. The highest BCUT2D eigenvalue weighted by Crippen LogP contribution is 2.33. The predicted molar refractivity (Wildman–Crippen MR) is 86.7 cm³/mol. The number of aromatic nitrogens is 3. The molecular formula is C14H20N4O2S2. The number of hydrogen-bond acceptors (Lipinski definition) is 5. The van der Waals surface area contributed by atoms with Crippen molar-refractivity contribution in [3.8, 4) is 0 Å². The summed E-state index contributed by atoms with van der Waals surface area (Å²) in [5.41, 5.74) is 1.04. The van der Waals surface area contributed by atoms with E-state index in [4.69, 9.17) is 0 Å². The molecule has 1 N–H and O–H groups in total. The van der Waals surface area contributed by atoms with Crippen LogP contribution in [0.1, 0.15) is 43.8 Å². The second-order valence-electron chi connectivity index (χ2n) is 6.09. The number of sulfonamides is 1. The van der Waals surface area contributed by atoms with E-state index in [-0.39, 0.29) is 10.9 Å². The Kier molecular flexibility index (Phi) is 3.98. The molecular weight excluding hydrogens is 320 g/mol. The maximum absolute atomic E-state index is 12.4. The molecule has 0 aromatic carbocycles. The molecule has 22 heavy (non-hydrogen) atoms. The number of nitrogens with one attached hydrogen (secondary N) is 1. The van der Waals surface area contributed by atoms with Gasteiger partial charge in [-0.05, 0) is 39.0 Å². The highest BCUT2D eigenvalue weighted by Gasteiger charge is 2.23. The third kappa shape index (κ3) is 3.03. The van der Waals surface area contributed by atoms with E-state index in [2.05, 4.69) is 21.7 Å². The van der Waals surface area contributed by atoms with Crippen LogP contribution in [0.15, 0.2) is 17.3 Å². The Morgan fingerprint density at radius 2 is 2.23 bits per heavy atom. The Morgan fingerprint density at radius 3 is 2.91 bits per heavy atom. The number of nitrogens with zero attached hydrogens (tertiary/aromatic N) is 3. The smallest absolute Gasteiger partial charge is 0.266 e. The van der Waals surface area contributed by atoms with Crippen LogP contribution in [0.5, 0.6) is 0 Å². The van der Waals surface area contributed by atoms with Gasteiger partial charge in [-0.3, -0.25) is 9.40 Å². The van der Waals surface area contributed by atoms with Crippen molar-refractivity contribution in [2.75, 3.05) is 4.72 Å². The number of fused-ring (bicyclic) bond motifs is 1. The van der Waals surface area contributed by atoms with Crippen molar-refractivity contribution < 1.29 is 8.42 Å². The first-order valence-corrected chi connectivity index (χ1v) is 9.70. The fourth-order valence-electron chi connectivity index (χ4n) is 2.50. The Balaban J connectivity index is 1.82. The van der Waals surface area contributed by atoms with Crippen LogP contribution < -0.4 is 4.72 Å². The van der Waals surface area contributed by atoms with E-state index in [0.29, 0.717) is 11.0 Å². The molecule has 1 atom stereocenters. The van der Waals surface area contributed by atoms with Crippen LogP contribution in [0.3, 0.4) is 0 Å². The minimum atomic E-state index is -3.62. The van der Waals surface area contributed by atoms with Gasteiger partial charge >= 0.3 is 0 Å². The lowest BCUT2D eigenvalue weighted by Gasteiger charge is -2.15. The zero-order chi connectivity index (χ0) is 15.9.